The van der Waals surface area contributed by atoms with Crippen molar-refractivity contribution in [2.75, 3.05) is 19.7 Å². The second-order valence-corrected chi connectivity index (χ2v) is 6.05. The lowest BCUT2D eigenvalue weighted by Crippen LogP contribution is -2.25. The first-order valence-corrected chi connectivity index (χ1v) is 7.12. The molecule has 2 fully saturated rings. The van der Waals surface area contributed by atoms with Gasteiger partial charge >= 0.3 is 0 Å². The Morgan fingerprint density at radius 3 is 2.44 bits per heavy atom. The highest BCUT2D eigenvalue weighted by Crippen LogP contribution is 2.52. The van der Waals surface area contributed by atoms with Crippen molar-refractivity contribution in [3.63, 3.8) is 0 Å². The molecule has 0 aromatic heterocycles. The van der Waals surface area contributed by atoms with Crippen molar-refractivity contribution in [1.29, 1.82) is 0 Å². The number of hydrogen-bond donors (Lipinski definition) is 0. The van der Waals surface area contributed by atoms with Gasteiger partial charge in [-0.1, -0.05) is 30.3 Å². The monoisotopic (exact) mass is 245 g/mol. The second kappa shape index (κ2) is 5.02. The van der Waals surface area contributed by atoms with Gasteiger partial charge in [0.25, 0.3) is 0 Å². The van der Waals surface area contributed by atoms with E-state index in [4.69, 9.17) is 4.74 Å². The first-order chi connectivity index (χ1) is 8.74. The van der Waals surface area contributed by atoms with E-state index in [0.717, 1.165) is 30.9 Å². The van der Waals surface area contributed by atoms with E-state index >= 15 is 0 Å². The summed E-state index contributed by atoms with van der Waals surface area (Å²) in [6.45, 7) is 8.88. The Hall–Kier alpha value is -0.860. The van der Waals surface area contributed by atoms with Crippen LogP contribution in [0.4, 0.5) is 0 Å². The summed E-state index contributed by atoms with van der Waals surface area (Å²) in [5.41, 5.74) is 1.44. The van der Waals surface area contributed by atoms with Gasteiger partial charge in [-0.15, -0.1) is 0 Å². The van der Waals surface area contributed by atoms with E-state index in [9.17, 15) is 0 Å². The predicted molar refractivity (Wildman–Crippen MR) is 73.3 cm³/mol. The smallest absolute Gasteiger partial charge is 0.0519 e. The molecule has 2 heteroatoms. The van der Waals surface area contributed by atoms with Gasteiger partial charge in [0.15, 0.2) is 0 Å². The van der Waals surface area contributed by atoms with Crippen molar-refractivity contribution >= 4 is 0 Å². The van der Waals surface area contributed by atoms with Crippen molar-refractivity contribution in [3.05, 3.63) is 35.9 Å². The number of benzene rings is 1. The molecule has 18 heavy (non-hydrogen) atoms. The van der Waals surface area contributed by atoms with Crippen molar-refractivity contribution in [3.8, 4) is 0 Å². The van der Waals surface area contributed by atoms with Gasteiger partial charge in [-0.25, -0.2) is 0 Å². The van der Waals surface area contributed by atoms with Crippen LogP contribution in [0.3, 0.4) is 0 Å². The van der Waals surface area contributed by atoms with Crippen LogP contribution in [-0.4, -0.2) is 30.7 Å². The molecule has 1 aromatic rings. The number of hydrogen-bond acceptors (Lipinski definition) is 2. The summed E-state index contributed by atoms with van der Waals surface area (Å²) >= 11 is 0. The van der Waals surface area contributed by atoms with E-state index in [-0.39, 0.29) is 0 Å². The van der Waals surface area contributed by atoms with Gasteiger partial charge in [0.2, 0.25) is 0 Å². The largest absolute Gasteiger partial charge is 0.378 e. The minimum absolute atomic E-state index is 0.381. The Morgan fingerprint density at radius 2 is 1.83 bits per heavy atom. The third-order valence-corrected chi connectivity index (χ3v) is 4.32. The first-order valence-electron chi connectivity index (χ1n) is 7.12. The molecule has 3 rings (SSSR count). The molecule has 0 amide bonds. The standard InChI is InChI=1S/C16H23NO/c1-12(2)18-11-16-14-9-17(10-15(14)16)8-13-6-4-3-5-7-13/h3-7,12,14-16H,8-11H2,1-2H3/t14-,15+,16?. The topological polar surface area (TPSA) is 12.5 Å². The van der Waals surface area contributed by atoms with Gasteiger partial charge in [-0.2, -0.15) is 0 Å². The Kier molecular flexibility index (Phi) is 3.40. The fraction of sp³-hybridized carbons (Fsp3) is 0.625. The molecule has 2 nitrogen and oxygen atoms in total. The Morgan fingerprint density at radius 1 is 1.17 bits per heavy atom. The van der Waals surface area contributed by atoms with E-state index in [0.29, 0.717) is 6.10 Å². The maximum absolute atomic E-state index is 5.74. The molecule has 3 atom stereocenters. The summed E-state index contributed by atoms with van der Waals surface area (Å²) in [6.07, 6.45) is 0.381. The normalized spacial score (nSPS) is 30.7. The Balaban J connectivity index is 1.44. The summed E-state index contributed by atoms with van der Waals surface area (Å²) < 4.78 is 5.74. The van der Waals surface area contributed by atoms with Crippen LogP contribution in [0.15, 0.2) is 30.3 Å². The fourth-order valence-corrected chi connectivity index (χ4v) is 3.26. The average molecular weight is 245 g/mol. The summed E-state index contributed by atoms with van der Waals surface area (Å²) in [4.78, 5) is 2.59. The summed E-state index contributed by atoms with van der Waals surface area (Å²) in [5, 5.41) is 0. The zero-order valence-corrected chi connectivity index (χ0v) is 11.4. The van der Waals surface area contributed by atoms with Crippen LogP contribution in [0.5, 0.6) is 0 Å². The third kappa shape index (κ3) is 2.60. The molecular formula is C16H23NO. The average Bonchev–Trinajstić information content (AvgIpc) is 2.81. The van der Waals surface area contributed by atoms with Crippen LogP contribution >= 0.6 is 0 Å². The van der Waals surface area contributed by atoms with Gasteiger partial charge in [0.1, 0.15) is 0 Å². The predicted octanol–water partition coefficient (Wildman–Crippen LogP) is 2.79. The molecule has 2 aliphatic rings. The molecule has 0 radical (unpaired) electrons. The number of rotatable bonds is 5. The van der Waals surface area contributed by atoms with Gasteiger partial charge in [0, 0.05) is 19.6 Å². The van der Waals surface area contributed by atoms with Crippen LogP contribution in [0, 0.1) is 17.8 Å². The highest BCUT2D eigenvalue weighted by atomic mass is 16.5. The Bertz CT molecular complexity index is 377. The third-order valence-electron chi connectivity index (χ3n) is 4.32. The molecule has 1 aromatic carbocycles. The lowest BCUT2D eigenvalue weighted by atomic mass is 10.2. The van der Waals surface area contributed by atoms with E-state index in [1.165, 1.54) is 18.7 Å². The number of fused-ring (bicyclic) bond motifs is 1. The maximum Gasteiger partial charge on any atom is 0.0519 e. The van der Waals surface area contributed by atoms with Crippen LogP contribution in [0.1, 0.15) is 19.4 Å². The summed E-state index contributed by atoms with van der Waals surface area (Å²) in [6, 6.07) is 10.8. The van der Waals surface area contributed by atoms with Crippen LogP contribution < -0.4 is 0 Å². The Labute approximate surface area is 110 Å². The van der Waals surface area contributed by atoms with Gasteiger partial charge in [0.05, 0.1) is 12.7 Å². The van der Waals surface area contributed by atoms with Crippen molar-refractivity contribution < 1.29 is 4.74 Å². The molecule has 0 spiro atoms. The first kappa shape index (κ1) is 12.2. The van der Waals surface area contributed by atoms with Crippen molar-refractivity contribution in [1.82, 2.24) is 4.90 Å². The van der Waals surface area contributed by atoms with Gasteiger partial charge < -0.3 is 4.74 Å². The SMILES string of the molecule is CC(C)OCC1[C@H]2CN(Cc3ccccc3)C[C@@H]12. The van der Waals surface area contributed by atoms with E-state index in [1.54, 1.807) is 0 Å². The molecule has 1 heterocycles. The lowest BCUT2D eigenvalue weighted by molar-refractivity contribution is 0.0605. The molecule has 0 N–H and O–H groups in total. The number of ether oxygens (including phenoxy) is 1. The molecular weight excluding hydrogens is 222 g/mol. The zero-order valence-electron chi connectivity index (χ0n) is 11.4. The van der Waals surface area contributed by atoms with E-state index < -0.39 is 0 Å². The summed E-state index contributed by atoms with van der Waals surface area (Å²) in [5.74, 6) is 2.67. The molecule has 1 unspecified atom stereocenters. The van der Waals surface area contributed by atoms with Crippen molar-refractivity contribution in [2.45, 2.75) is 26.5 Å². The lowest BCUT2D eigenvalue weighted by Gasteiger charge is -2.19. The van der Waals surface area contributed by atoms with E-state index in [1.807, 2.05) is 0 Å². The second-order valence-electron chi connectivity index (χ2n) is 6.05. The number of piperidine rings is 1. The fourth-order valence-electron chi connectivity index (χ4n) is 3.26. The van der Waals surface area contributed by atoms with Gasteiger partial charge in [-0.3, -0.25) is 4.90 Å². The molecule has 0 bridgehead atoms. The number of nitrogens with zero attached hydrogens (tertiary/aromatic N) is 1. The summed E-state index contributed by atoms with van der Waals surface area (Å²) in [7, 11) is 0. The number of likely N-dealkylation sites (tertiary alicyclic amines) is 1. The zero-order chi connectivity index (χ0) is 12.5. The van der Waals surface area contributed by atoms with Crippen molar-refractivity contribution in [2.24, 2.45) is 17.8 Å². The van der Waals surface area contributed by atoms with E-state index in [2.05, 4.69) is 49.1 Å². The molecule has 1 aliphatic heterocycles. The molecule has 1 aliphatic carbocycles. The maximum atomic E-state index is 5.74. The molecule has 1 saturated carbocycles. The molecule has 98 valence electrons. The molecule has 1 saturated heterocycles. The van der Waals surface area contributed by atoms with Gasteiger partial charge in [-0.05, 0) is 37.2 Å². The highest BCUT2D eigenvalue weighted by molar-refractivity contribution is 5.15. The minimum atomic E-state index is 0.381. The van der Waals surface area contributed by atoms with Crippen LogP contribution in [0.2, 0.25) is 0 Å². The quantitative estimate of drug-likeness (QED) is 0.791. The highest BCUT2D eigenvalue weighted by Gasteiger charge is 2.55. The van der Waals surface area contributed by atoms with Crippen LogP contribution in [0.25, 0.3) is 0 Å². The minimum Gasteiger partial charge on any atom is -0.378 e. The van der Waals surface area contributed by atoms with Crippen LogP contribution in [-0.2, 0) is 11.3 Å².